The molecule has 1 unspecified atom stereocenters. The fourth-order valence-corrected chi connectivity index (χ4v) is 2.31. The summed E-state index contributed by atoms with van der Waals surface area (Å²) in [5, 5.41) is 9.18. The molecule has 7 heteroatoms. The van der Waals surface area contributed by atoms with Gasteiger partial charge in [-0.25, -0.2) is 4.79 Å². The van der Waals surface area contributed by atoms with E-state index in [1.54, 1.807) is 24.3 Å². The molecule has 0 aliphatic heterocycles. The van der Waals surface area contributed by atoms with Crippen LogP contribution in [-0.4, -0.2) is 24.3 Å². The summed E-state index contributed by atoms with van der Waals surface area (Å²) in [6.45, 7) is 1.41. The Morgan fingerprint density at radius 3 is 2.54 bits per heavy atom. The Balaban J connectivity index is 1.94. The van der Waals surface area contributed by atoms with Crippen LogP contribution < -0.4 is 19.6 Å². The molecule has 3 rings (SSSR count). The minimum atomic E-state index is -1.09. The smallest absolute Gasteiger partial charge is 0.344 e. The summed E-state index contributed by atoms with van der Waals surface area (Å²) in [4.78, 5) is 23.5. The predicted octanol–water partition coefficient (Wildman–Crippen LogP) is 3.45. The number of rotatable bonds is 6. The van der Waals surface area contributed by atoms with Crippen LogP contribution in [0.2, 0.25) is 0 Å². The molecule has 0 saturated heterocycles. The van der Waals surface area contributed by atoms with Crippen molar-refractivity contribution in [2.45, 2.75) is 13.0 Å². The first-order valence-corrected chi connectivity index (χ1v) is 7.75. The lowest BCUT2D eigenvalue weighted by Gasteiger charge is -2.11. The highest BCUT2D eigenvalue weighted by Gasteiger charge is 2.15. The molecule has 0 aliphatic rings. The maximum absolute atomic E-state index is 12.6. The number of fused-ring (bicyclic) bond motifs is 1. The van der Waals surface area contributed by atoms with Gasteiger partial charge in [-0.3, -0.25) is 4.79 Å². The molecule has 0 aliphatic carbocycles. The molecule has 134 valence electrons. The molecule has 1 aromatic heterocycles. The van der Waals surface area contributed by atoms with Crippen LogP contribution in [0.1, 0.15) is 6.92 Å². The van der Waals surface area contributed by atoms with Crippen LogP contribution in [-0.2, 0) is 4.79 Å². The van der Waals surface area contributed by atoms with E-state index in [1.165, 1.54) is 38.5 Å². The van der Waals surface area contributed by atoms with Crippen LogP contribution in [0.4, 0.5) is 0 Å². The summed E-state index contributed by atoms with van der Waals surface area (Å²) in [6, 6.07) is 11.4. The summed E-state index contributed by atoms with van der Waals surface area (Å²) in [7, 11) is 1.50. The Hall–Kier alpha value is -3.48. The Morgan fingerprint density at radius 2 is 1.85 bits per heavy atom. The van der Waals surface area contributed by atoms with E-state index in [-0.39, 0.29) is 27.9 Å². The Kier molecular flexibility index (Phi) is 4.79. The van der Waals surface area contributed by atoms with Gasteiger partial charge in [0.05, 0.1) is 12.5 Å². The SMILES string of the molecule is COc1ccccc1Oc1coc2cc(OC(C)C(=O)O)ccc2c1=O. The highest BCUT2D eigenvalue weighted by Crippen LogP contribution is 2.30. The first-order chi connectivity index (χ1) is 12.5. The molecule has 0 amide bonds. The minimum Gasteiger partial charge on any atom is -0.493 e. The summed E-state index contributed by atoms with van der Waals surface area (Å²) >= 11 is 0. The van der Waals surface area contributed by atoms with Crippen molar-refractivity contribution in [3.8, 4) is 23.0 Å². The van der Waals surface area contributed by atoms with E-state index in [9.17, 15) is 9.59 Å². The van der Waals surface area contributed by atoms with Crippen molar-refractivity contribution in [2.24, 2.45) is 0 Å². The average molecular weight is 356 g/mol. The van der Waals surface area contributed by atoms with Crippen LogP contribution in [0.3, 0.4) is 0 Å². The number of benzene rings is 2. The molecular weight excluding hydrogens is 340 g/mol. The number of ether oxygens (including phenoxy) is 3. The van der Waals surface area contributed by atoms with Crippen molar-refractivity contribution in [3.63, 3.8) is 0 Å². The van der Waals surface area contributed by atoms with Crippen molar-refractivity contribution in [3.05, 3.63) is 59.0 Å². The Labute approximate surface area is 148 Å². The zero-order valence-electron chi connectivity index (χ0n) is 14.1. The van der Waals surface area contributed by atoms with Crippen LogP contribution in [0.15, 0.2) is 57.9 Å². The van der Waals surface area contributed by atoms with Crippen LogP contribution >= 0.6 is 0 Å². The third-order valence-corrected chi connectivity index (χ3v) is 3.66. The van der Waals surface area contributed by atoms with E-state index in [0.29, 0.717) is 11.5 Å². The fourth-order valence-electron chi connectivity index (χ4n) is 2.31. The van der Waals surface area contributed by atoms with Crippen molar-refractivity contribution in [2.75, 3.05) is 7.11 Å². The average Bonchev–Trinajstić information content (AvgIpc) is 2.64. The first-order valence-electron chi connectivity index (χ1n) is 7.75. The van der Waals surface area contributed by atoms with E-state index in [1.807, 2.05) is 0 Å². The maximum atomic E-state index is 12.6. The largest absolute Gasteiger partial charge is 0.493 e. The van der Waals surface area contributed by atoms with Gasteiger partial charge in [0.15, 0.2) is 17.6 Å². The van der Waals surface area contributed by atoms with Gasteiger partial charge in [-0.1, -0.05) is 12.1 Å². The lowest BCUT2D eigenvalue weighted by Crippen LogP contribution is -2.22. The van der Waals surface area contributed by atoms with Gasteiger partial charge in [-0.15, -0.1) is 0 Å². The van der Waals surface area contributed by atoms with Gasteiger partial charge in [-0.05, 0) is 31.2 Å². The van der Waals surface area contributed by atoms with E-state index in [0.717, 1.165) is 0 Å². The van der Waals surface area contributed by atoms with Crippen molar-refractivity contribution < 1.29 is 28.5 Å². The topological polar surface area (TPSA) is 95.2 Å². The molecule has 3 aromatic rings. The standard InChI is InChI=1S/C19H16O7/c1-11(19(21)22)25-12-7-8-13-16(9-12)24-10-17(18(13)20)26-15-6-4-3-5-14(15)23-2/h3-11H,1-2H3,(H,21,22). The number of para-hydroxylation sites is 2. The lowest BCUT2D eigenvalue weighted by atomic mass is 10.2. The lowest BCUT2D eigenvalue weighted by molar-refractivity contribution is -0.144. The molecule has 0 bridgehead atoms. The highest BCUT2D eigenvalue weighted by molar-refractivity contribution is 5.79. The molecule has 0 radical (unpaired) electrons. The molecule has 26 heavy (non-hydrogen) atoms. The zero-order chi connectivity index (χ0) is 18.7. The van der Waals surface area contributed by atoms with Crippen LogP contribution in [0, 0.1) is 0 Å². The van der Waals surface area contributed by atoms with Gasteiger partial charge < -0.3 is 23.7 Å². The third kappa shape index (κ3) is 3.46. The Bertz CT molecular complexity index is 1010. The molecule has 7 nitrogen and oxygen atoms in total. The first kappa shape index (κ1) is 17.3. The second-order valence-electron chi connectivity index (χ2n) is 5.44. The molecule has 2 aromatic carbocycles. The Morgan fingerprint density at radius 1 is 1.12 bits per heavy atom. The quantitative estimate of drug-likeness (QED) is 0.723. The number of hydrogen-bond donors (Lipinski definition) is 1. The molecule has 1 heterocycles. The second-order valence-corrected chi connectivity index (χ2v) is 5.44. The predicted molar refractivity (Wildman–Crippen MR) is 93.3 cm³/mol. The van der Waals surface area contributed by atoms with Crippen LogP contribution in [0.25, 0.3) is 11.0 Å². The molecular formula is C19H16O7. The fraction of sp³-hybridized carbons (Fsp3) is 0.158. The summed E-state index contributed by atoms with van der Waals surface area (Å²) in [5.41, 5.74) is -0.104. The van der Waals surface area contributed by atoms with Gasteiger partial charge in [0.1, 0.15) is 17.6 Å². The van der Waals surface area contributed by atoms with E-state index >= 15 is 0 Å². The molecule has 0 fully saturated rings. The minimum absolute atomic E-state index is 0.00886. The van der Waals surface area contributed by atoms with Crippen molar-refractivity contribution in [1.29, 1.82) is 0 Å². The molecule has 0 saturated carbocycles. The maximum Gasteiger partial charge on any atom is 0.344 e. The number of carboxylic acids is 1. The van der Waals surface area contributed by atoms with Gasteiger partial charge in [-0.2, -0.15) is 0 Å². The highest BCUT2D eigenvalue weighted by atomic mass is 16.5. The number of hydrogen-bond acceptors (Lipinski definition) is 6. The summed E-state index contributed by atoms with van der Waals surface area (Å²) in [5.74, 6) is 0.0749. The number of methoxy groups -OCH3 is 1. The van der Waals surface area contributed by atoms with Crippen molar-refractivity contribution in [1.82, 2.24) is 0 Å². The van der Waals surface area contributed by atoms with E-state index in [4.69, 9.17) is 23.7 Å². The second kappa shape index (κ2) is 7.18. The van der Waals surface area contributed by atoms with Gasteiger partial charge in [0, 0.05) is 6.07 Å². The van der Waals surface area contributed by atoms with Gasteiger partial charge in [0.25, 0.3) is 0 Å². The normalized spacial score (nSPS) is 11.8. The zero-order valence-corrected chi connectivity index (χ0v) is 14.1. The number of aliphatic carboxylic acids is 1. The van der Waals surface area contributed by atoms with E-state index < -0.39 is 12.1 Å². The molecule has 1 N–H and O–H groups in total. The molecule has 0 spiro atoms. The van der Waals surface area contributed by atoms with Gasteiger partial charge in [0.2, 0.25) is 11.2 Å². The number of carboxylic acid groups (broad SMARTS) is 1. The van der Waals surface area contributed by atoms with Crippen molar-refractivity contribution >= 4 is 16.9 Å². The summed E-state index contributed by atoms with van der Waals surface area (Å²) in [6.07, 6.45) is 0.175. The molecule has 1 atom stereocenters. The van der Waals surface area contributed by atoms with E-state index in [2.05, 4.69) is 0 Å². The number of carbonyl (C=O) groups is 1. The summed E-state index contributed by atoms with van der Waals surface area (Å²) < 4.78 is 21.5. The third-order valence-electron chi connectivity index (χ3n) is 3.66. The van der Waals surface area contributed by atoms with Gasteiger partial charge >= 0.3 is 5.97 Å². The monoisotopic (exact) mass is 356 g/mol. The van der Waals surface area contributed by atoms with Crippen LogP contribution in [0.5, 0.6) is 23.0 Å².